The molecule has 6 nitrogen and oxygen atoms in total. The van der Waals surface area contributed by atoms with Gasteiger partial charge in [-0.15, -0.1) is 0 Å². The number of carbonyl (C=O) groups excluding carboxylic acids is 1. The molecule has 0 amide bonds. The Hall–Kier alpha value is -2.47. The van der Waals surface area contributed by atoms with Gasteiger partial charge in [0.15, 0.2) is 0 Å². The molecule has 1 aromatic carbocycles. The van der Waals surface area contributed by atoms with E-state index in [0.29, 0.717) is 5.56 Å². The van der Waals surface area contributed by atoms with Crippen LogP contribution < -0.4 is 5.73 Å². The average molecular weight is 301 g/mol. The summed E-state index contributed by atoms with van der Waals surface area (Å²) in [4.78, 5) is 29.8. The average Bonchev–Trinajstić information content (AvgIpc) is 2.47. The summed E-state index contributed by atoms with van der Waals surface area (Å²) in [5.74, 6) is -0.330. The van der Waals surface area contributed by atoms with Crippen LogP contribution in [0.5, 0.6) is 0 Å². The van der Waals surface area contributed by atoms with Crippen molar-refractivity contribution in [2.45, 2.75) is 33.3 Å². The molecular weight excluding hydrogens is 282 g/mol. The summed E-state index contributed by atoms with van der Waals surface area (Å²) in [5.41, 5.74) is 7.94. The summed E-state index contributed by atoms with van der Waals surface area (Å²) in [7, 11) is 0. The van der Waals surface area contributed by atoms with Crippen LogP contribution in [-0.2, 0) is 9.78 Å². The standard InChI is InChI=1S/C16H19N3O3/c1-10-9-18-15(17)19-13(10)11-5-7-12(8-6-11)14(20)21-22-16(2,3)4/h5-9H,1-4H3,(H2,17,18,19). The number of hydrogen-bond donors (Lipinski definition) is 1. The fraction of sp³-hybridized carbons (Fsp3) is 0.312. The topological polar surface area (TPSA) is 87.3 Å². The lowest BCUT2D eigenvalue weighted by molar-refractivity contribution is -0.301. The molecular formula is C16H19N3O3. The quantitative estimate of drug-likeness (QED) is 0.692. The lowest BCUT2D eigenvalue weighted by atomic mass is 10.1. The van der Waals surface area contributed by atoms with Gasteiger partial charge in [0.25, 0.3) is 0 Å². The molecule has 0 saturated carbocycles. The normalized spacial score (nSPS) is 11.3. The minimum atomic E-state index is -0.550. The highest BCUT2D eigenvalue weighted by atomic mass is 17.2. The highest BCUT2D eigenvalue weighted by Crippen LogP contribution is 2.22. The van der Waals surface area contributed by atoms with Crippen molar-refractivity contribution in [3.05, 3.63) is 41.6 Å². The smallest absolute Gasteiger partial charge is 0.368 e. The summed E-state index contributed by atoms with van der Waals surface area (Å²) in [6, 6.07) is 6.87. The Bertz CT molecular complexity index is 676. The van der Waals surface area contributed by atoms with Gasteiger partial charge in [-0.05, 0) is 45.4 Å². The molecule has 22 heavy (non-hydrogen) atoms. The van der Waals surface area contributed by atoms with Crippen molar-refractivity contribution < 1.29 is 14.6 Å². The number of aryl methyl sites for hydroxylation is 1. The number of anilines is 1. The Balaban J connectivity index is 2.17. The number of nitrogens with two attached hydrogens (primary N) is 1. The van der Waals surface area contributed by atoms with Gasteiger partial charge in [-0.2, -0.15) is 4.89 Å². The number of nitrogen functional groups attached to an aromatic ring is 1. The van der Waals surface area contributed by atoms with E-state index in [1.807, 2.05) is 6.92 Å². The lowest BCUT2D eigenvalue weighted by Gasteiger charge is -2.16. The first-order valence-electron chi connectivity index (χ1n) is 6.86. The molecule has 6 heteroatoms. The molecule has 0 radical (unpaired) electrons. The minimum Gasteiger partial charge on any atom is -0.368 e. The zero-order valence-corrected chi connectivity index (χ0v) is 13.1. The van der Waals surface area contributed by atoms with Gasteiger partial charge in [0, 0.05) is 11.8 Å². The van der Waals surface area contributed by atoms with Crippen LogP contribution in [0, 0.1) is 6.92 Å². The molecule has 0 bridgehead atoms. The van der Waals surface area contributed by atoms with Crippen molar-refractivity contribution >= 4 is 11.9 Å². The van der Waals surface area contributed by atoms with Crippen LogP contribution in [0.3, 0.4) is 0 Å². The summed E-state index contributed by atoms with van der Waals surface area (Å²) >= 11 is 0. The fourth-order valence-corrected chi connectivity index (χ4v) is 1.72. The van der Waals surface area contributed by atoms with Crippen molar-refractivity contribution in [3.63, 3.8) is 0 Å². The second kappa shape index (κ2) is 6.11. The molecule has 1 heterocycles. The van der Waals surface area contributed by atoms with E-state index < -0.39 is 11.6 Å². The predicted octanol–water partition coefficient (Wildman–Crippen LogP) is 2.92. The molecule has 0 fully saturated rings. The monoisotopic (exact) mass is 301 g/mol. The molecule has 1 aromatic heterocycles. The number of rotatable bonds is 3. The van der Waals surface area contributed by atoms with E-state index in [-0.39, 0.29) is 5.95 Å². The molecule has 0 atom stereocenters. The van der Waals surface area contributed by atoms with Gasteiger partial charge in [0.1, 0.15) is 5.60 Å². The second-order valence-electron chi connectivity index (χ2n) is 5.90. The van der Waals surface area contributed by atoms with Crippen molar-refractivity contribution in [2.75, 3.05) is 5.73 Å². The van der Waals surface area contributed by atoms with E-state index in [1.54, 1.807) is 51.2 Å². The van der Waals surface area contributed by atoms with Crippen molar-refractivity contribution in [3.8, 4) is 11.3 Å². The van der Waals surface area contributed by atoms with Gasteiger partial charge in [-0.1, -0.05) is 12.1 Å². The maximum absolute atomic E-state index is 11.9. The van der Waals surface area contributed by atoms with E-state index in [9.17, 15) is 4.79 Å². The van der Waals surface area contributed by atoms with Crippen LogP contribution in [0.15, 0.2) is 30.5 Å². The predicted molar refractivity (Wildman–Crippen MR) is 82.9 cm³/mol. The van der Waals surface area contributed by atoms with Gasteiger partial charge >= 0.3 is 5.97 Å². The Morgan fingerprint density at radius 2 is 1.82 bits per heavy atom. The van der Waals surface area contributed by atoms with Crippen molar-refractivity contribution in [1.29, 1.82) is 0 Å². The van der Waals surface area contributed by atoms with Crippen LogP contribution in [0.25, 0.3) is 11.3 Å². The van der Waals surface area contributed by atoms with Crippen LogP contribution in [0.1, 0.15) is 36.7 Å². The first kappa shape index (κ1) is 15.9. The highest BCUT2D eigenvalue weighted by molar-refractivity contribution is 5.89. The third kappa shape index (κ3) is 4.02. The van der Waals surface area contributed by atoms with E-state index in [2.05, 4.69) is 9.97 Å². The van der Waals surface area contributed by atoms with Crippen LogP contribution in [0.2, 0.25) is 0 Å². The van der Waals surface area contributed by atoms with E-state index in [4.69, 9.17) is 15.5 Å². The van der Waals surface area contributed by atoms with Gasteiger partial charge < -0.3 is 5.73 Å². The lowest BCUT2D eigenvalue weighted by Crippen LogP contribution is -2.21. The summed E-state index contributed by atoms with van der Waals surface area (Å²) in [5, 5.41) is 0. The van der Waals surface area contributed by atoms with E-state index in [0.717, 1.165) is 16.8 Å². The Morgan fingerprint density at radius 1 is 1.18 bits per heavy atom. The number of nitrogens with zero attached hydrogens (tertiary/aromatic N) is 2. The van der Waals surface area contributed by atoms with Crippen LogP contribution in [0.4, 0.5) is 5.95 Å². The summed E-state index contributed by atoms with van der Waals surface area (Å²) in [6.07, 6.45) is 1.66. The minimum absolute atomic E-state index is 0.211. The Morgan fingerprint density at radius 3 is 2.41 bits per heavy atom. The molecule has 0 unspecified atom stereocenters. The Kier molecular flexibility index (Phi) is 4.42. The SMILES string of the molecule is Cc1cnc(N)nc1-c1ccc(C(=O)OOC(C)(C)C)cc1. The first-order valence-corrected chi connectivity index (χ1v) is 6.86. The zero-order chi connectivity index (χ0) is 16.3. The fourth-order valence-electron chi connectivity index (χ4n) is 1.72. The third-order valence-electron chi connectivity index (χ3n) is 2.75. The maximum atomic E-state index is 11.9. The molecule has 0 aliphatic rings. The van der Waals surface area contributed by atoms with Gasteiger partial charge in [0.2, 0.25) is 5.95 Å². The molecule has 0 aliphatic carbocycles. The molecule has 2 aromatic rings. The summed E-state index contributed by atoms with van der Waals surface area (Å²) in [6.45, 7) is 7.29. The van der Waals surface area contributed by atoms with Crippen LogP contribution >= 0.6 is 0 Å². The number of hydrogen-bond acceptors (Lipinski definition) is 6. The molecule has 116 valence electrons. The summed E-state index contributed by atoms with van der Waals surface area (Å²) < 4.78 is 0. The largest absolute Gasteiger partial charge is 0.373 e. The highest BCUT2D eigenvalue weighted by Gasteiger charge is 2.16. The Labute approximate surface area is 129 Å². The maximum Gasteiger partial charge on any atom is 0.373 e. The van der Waals surface area contributed by atoms with E-state index in [1.165, 1.54) is 0 Å². The number of carbonyl (C=O) groups is 1. The molecule has 0 aliphatic heterocycles. The van der Waals surface area contributed by atoms with Gasteiger partial charge in [0.05, 0.1) is 11.3 Å². The molecule has 2 rings (SSSR count). The number of benzene rings is 1. The molecule has 0 spiro atoms. The molecule has 0 saturated heterocycles. The van der Waals surface area contributed by atoms with Gasteiger partial charge in [-0.25, -0.2) is 14.8 Å². The van der Waals surface area contributed by atoms with Crippen molar-refractivity contribution in [2.24, 2.45) is 0 Å². The first-order chi connectivity index (χ1) is 10.3. The molecule has 2 N–H and O–H groups in total. The van der Waals surface area contributed by atoms with Crippen molar-refractivity contribution in [1.82, 2.24) is 9.97 Å². The third-order valence-corrected chi connectivity index (χ3v) is 2.75. The zero-order valence-electron chi connectivity index (χ0n) is 13.1. The second-order valence-corrected chi connectivity index (χ2v) is 5.90. The van der Waals surface area contributed by atoms with Gasteiger partial charge in [-0.3, -0.25) is 4.89 Å². The van der Waals surface area contributed by atoms with E-state index >= 15 is 0 Å². The number of aromatic nitrogens is 2. The van der Waals surface area contributed by atoms with Crippen LogP contribution in [-0.4, -0.2) is 21.5 Å².